The Morgan fingerprint density at radius 2 is 2.06 bits per heavy atom. The van der Waals surface area contributed by atoms with E-state index in [-0.39, 0.29) is 5.75 Å². The second kappa shape index (κ2) is 6.76. The van der Waals surface area contributed by atoms with Gasteiger partial charge in [-0.2, -0.15) is 0 Å². The summed E-state index contributed by atoms with van der Waals surface area (Å²) in [5.41, 5.74) is 1.14. The maximum absolute atomic E-state index is 10.8. The first-order valence-corrected chi connectivity index (χ1v) is 5.68. The van der Waals surface area contributed by atoms with E-state index in [1.54, 1.807) is 24.3 Å². The van der Waals surface area contributed by atoms with Crippen LogP contribution in [0, 0.1) is 0 Å². The first-order valence-electron chi connectivity index (χ1n) is 5.68. The first-order chi connectivity index (χ1) is 8.50. The van der Waals surface area contributed by atoms with E-state index < -0.39 is 5.97 Å². The molecule has 1 aromatic carbocycles. The summed E-state index contributed by atoms with van der Waals surface area (Å²) in [6.45, 7) is 2.03. The third-order valence-electron chi connectivity index (χ3n) is 2.30. The van der Waals surface area contributed by atoms with Gasteiger partial charge in [-0.05, 0) is 26.2 Å². The number of hydrogen-bond acceptors (Lipinski definition) is 5. The molecule has 0 bridgehead atoms. The van der Waals surface area contributed by atoms with Crippen LogP contribution in [0.5, 0.6) is 5.75 Å². The fraction of sp³-hybridized carbons (Fsp3) is 0.385. The zero-order chi connectivity index (χ0) is 13.5. The highest BCUT2D eigenvalue weighted by molar-refractivity contribution is 6.02. The van der Waals surface area contributed by atoms with E-state index >= 15 is 0 Å². The Morgan fingerprint density at radius 3 is 2.61 bits per heavy atom. The fourth-order valence-electron chi connectivity index (χ4n) is 1.40. The highest BCUT2D eigenvalue weighted by atomic mass is 16.7. The lowest BCUT2D eigenvalue weighted by Gasteiger charge is -2.11. The lowest BCUT2D eigenvalue weighted by atomic mass is 10.1. The van der Waals surface area contributed by atoms with E-state index in [1.165, 1.54) is 6.92 Å². The quantitative estimate of drug-likeness (QED) is 0.490. The number of carbonyl (C=O) groups is 1. The van der Waals surface area contributed by atoms with Crippen LogP contribution in [-0.2, 0) is 9.63 Å². The molecule has 98 valence electrons. The van der Waals surface area contributed by atoms with Crippen LogP contribution in [0.15, 0.2) is 29.4 Å². The summed E-state index contributed by atoms with van der Waals surface area (Å²) < 4.78 is 0. The van der Waals surface area contributed by atoms with E-state index in [2.05, 4.69) is 9.99 Å². The SMILES string of the molecule is CC(=O)O/N=C(/CCN(C)C)c1ccccc1O. The summed E-state index contributed by atoms with van der Waals surface area (Å²) in [4.78, 5) is 17.5. The number of para-hydroxylation sites is 1. The summed E-state index contributed by atoms with van der Waals surface area (Å²) in [5.74, 6) is -0.352. The molecule has 1 rings (SSSR count). The van der Waals surface area contributed by atoms with Gasteiger partial charge in [0.25, 0.3) is 0 Å². The molecule has 0 aliphatic carbocycles. The molecule has 5 heteroatoms. The normalized spacial score (nSPS) is 11.7. The Labute approximate surface area is 107 Å². The molecule has 0 aromatic heterocycles. The van der Waals surface area contributed by atoms with Crippen LogP contribution >= 0.6 is 0 Å². The van der Waals surface area contributed by atoms with Gasteiger partial charge in [-0.15, -0.1) is 0 Å². The molecule has 0 unspecified atom stereocenters. The number of oxime groups is 1. The number of carbonyl (C=O) groups excluding carboxylic acids is 1. The second-order valence-electron chi connectivity index (χ2n) is 4.19. The van der Waals surface area contributed by atoms with Gasteiger partial charge in [-0.25, -0.2) is 4.79 Å². The summed E-state index contributed by atoms with van der Waals surface area (Å²) in [5, 5.41) is 13.6. The Morgan fingerprint density at radius 1 is 1.39 bits per heavy atom. The third-order valence-corrected chi connectivity index (χ3v) is 2.30. The van der Waals surface area contributed by atoms with Gasteiger partial charge in [0.2, 0.25) is 0 Å². The molecular formula is C13H18N2O3. The molecule has 0 heterocycles. The monoisotopic (exact) mass is 250 g/mol. The Balaban J connectivity index is 2.93. The molecule has 1 aromatic rings. The van der Waals surface area contributed by atoms with E-state index in [0.29, 0.717) is 17.7 Å². The summed E-state index contributed by atoms with van der Waals surface area (Å²) >= 11 is 0. The molecule has 0 radical (unpaired) electrons. The van der Waals surface area contributed by atoms with Crippen LogP contribution in [0.1, 0.15) is 18.9 Å². The number of nitrogens with zero attached hydrogens (tertiary/aromatic N) is 2. The number of hydrogen-bond donors (Lipinski definition) is 1. The van der Waals surface area contributed by atoms with Gasteiger partial charge in [-0.3, -0.25) is 0 Å². The largest absolute Gasteiger partial charge is 0.507 e. The van der Waals surface area contributed by atoms with Crippen LogP contribution in [0.4, 0.5) is 0 Å². The lowest BCUT2D eigenvalue weighted by Crippen LogP contribution is -2.17. The minimum atomic E-state index is -0.479. The fourth-order valence-corrected chi connectivity index (χ4v) is 1.40. The van der Waals surface area contributed by atoms with E-state index in [9.17, 15) is 9.90 Å². The van der Waals surface area contributed by atoms with Crippen LogP contribution in [0.25, 0.3) is 0 Å². The topological polar surface area (TPSA) is 62.1 Å². The van der Waals surface area contributed by atoms with Gasteiger partial charge < -0.3 is 14.8 Å². The molecule has 0 saturated carbocycles. The first kappa shape index (κ1) is 14.2. The average molecular weight is 250 g/mol. The Kier molecular flexibility index (Phi) is 5.32. The maximum Gasteiger partial charge on any atom is 0.331 e. The van der Waals surface area contributed by atoms with Crippen molar-refractivity contribution in [3.8, 4) is 5.75 Å². The molecule has 0 amide bonds. The average Bonchev–Trinajstić information content (AvgIpc) is 2.30. The highest BCUT2D eigenvalue weighted by Crippen LogP contribution is 2.18. The van der Waals surface area contributed by atoms with E-state index in [0.717, 1.165) is 6.54 Å². The van der Waals surface area contributed by atoms with Crippen molar-refractivity contribution in [3.63, 3.8) is 0 Å². The Bertz CT molecular complexity index is 442. The van der Waals surface area contributed by atoms with E-state index in [1.807, 2.05) is 19.0 Å². The molecule has 18 heavy (non-hydrogen) atoms. The van der Waals surface area contributed by atoms with Crippen LogP contribution in [0.2, 0.25) is 0 Å². The standard InChI is InChI=1S/C13H18N2O3/c1-10(16)18-14-12(8-9-15(2)3)11-6-4-5-7-13(11)17/h4-7,17H,8-9H2,1-3H3/b14-12-. The molecule has 0 atom stereocenters. The van der Waals surface area contributed by atoms with Crippen LogP contribution < -0.4 is 0 Å². The minimum Gasteiger partial charge on any atom is -0.507 e. The van der Waals surface area contributed by atoms with Gasteiger partial charge in [0.05, 0.1) is 5.71 Å². The molecule has 0 aliphatic heterocycles. The number of phenols is 1. The summed E-state index contributed by atoms with van der Waals surface area (Å²) in [6, 6.07) is 6.85. The van der Waals surface area contributed by atoms with Gasteiger partial charge in [-0.1, -0.05) is 17.3 Å². The van der Waals surface area contributed by atoms with Crippen molar-refractivity contribution in [1.82, 2.24) is 4.90 Å². The van der Waals surface area contributed by atoms with Crippen LogP contribution in [-0.4, -0.2) is 42.3 Å². The molecular weight excluding hydrogens is 232 g/mol. The molecule has 0 fully saturated rings. The van der Waals surface area contributed by atoms with Crippen molar-refractivity contribution in [2.45, 2.75) is 13.3 Å². The lowest BCUT2D eigenvalue weighted by molar-refractivity contribution is -0.140. The Hall–Kier alpha value is -1.88. The van der Waals surface area contributed by atoms with Crippen molar-refractivity contribution in [2.75, 3.05) is 20.6 Å². The third kappa shape index (κ3) is 4.55. The zero-order valence-corrected chi connectivity index (χ0v) is 10.9. The molecule has 1 N–H and O–H groups in total. The van der Waals surface area contributed by atoms with Crippen LogP contribution in [0.3, 0.4) is 0 Å². The predicted molar refractivity (Wildman–Crippen MR) is 69.6 cm³/mol. The molecule has 0 saturated heterocycles. The van der Waals surface area contributed by atoms with Gasteiger partial charge in [0.15, 0.2) is 0 Å². The highest BCUT2D eigenvalue weighted by Gasteiger charge is 2.10. The van der Waals surface area contributed by atoms with Crippen molar-refractivity contribution in [1.29, 1.82) is 0 Å². The molecule has 5 nitrogen and oxygen atoms in total. The zero-order valence-electron chi connectivity index (χ0n) is 10.9. The number of rotatable bonds is 5. The van der Waals surface area contributed by atoms with Crippen molar-refractivity contribution in [2.24, 2.45) is 5.16 Å². The smallest absolute Gasteiger partial charge is 0.331 e. The predicted octanol–water partition coefficient (Wildman–Crippen LogP) is 1.61. The maximum atomic E-state index is 10.8. The van der Waals surface area contributed by atoms with Crippen molar-refractivity contribution in [3.05, 3.63) is 29.8 Å². The van der Waals surface area contributed by atoms with Crippen molar-refractivity contribution >= 4 is 11.7 Å². The molecule has 0 aliphatic rings. The van der Waals surface area contributed by atoms with Crippen molar-refractivity contribution < 1.29 is 14.7 Å². The number of aromatic hydroxyl groups is 1. The number of benzene rings is 1. The van der Waals surface area contributed by atoms with E-state index in [4.69, 9.17) is 0 Å². The van der Waals surface area contributed by atoms with Gasteiger partial charge in [0, 0.05) is 25.5 Å². The summed E-state index contributed by atoms with van der Waals surface area (Å²) in [6.07, 6.45) is 0.581. The number of phenolic OH excluding ortho intramolecular Hbond substituents is 1. The van der Waals surface area contributed by atoms with Gasteiger partial charge >= 0.3 is 5.97 Å². The minimum absolute atomic E-state index is 0.127. The van der Waals surface area contributed by atoms with Gasteiger partial charge in [0.1, 0.15) is 5.75 Å². The second-order valence-corrected chi connectivity index (χ2v) is 4.19. The molecule has 0 spiro atoms. The summed E-state index contributed by atoms with van der Waals surface area (Å²) in [7, 11) is 3.88.